The third-order valence-corrected chi connectivity index (χ3v) is 3.67. The zero-order valence-corrected chi connectivity index (χ0v) is 14.1. The molecule has 1 aliphatic heterocycles. The standard InChI is InChI=1S/C16H23N3O5/c1-3-23-16(21)7-6-15(20)19-8-4-5-12(11-19)24-14-10-17-9-13(18-14)22-2/h9-10,12H,3-8,11H2,1-2H3. The molecular weight excluding hydrogens is 314 g/mol. The van der Waals surface area contributed by atoms with E-state index in [9.17, 15) is 9.59 Å². The summed E-state index contributed by atoms with van der Waals surface area (Å²) in [6.45, 7) is 3.22. The van der Waals surface area contributed by atoms with Crippen LogP contribution in [0.15, 0.2) is 12.4 Å². The van der Waals surface area contributed by atoms with Crippen LogP contribution in [0, 0.1) is 0 Å². The molecule has 0 spiro atoms. The summed E-state index contributed by atoms with van der Waals surface area (Å²) < 4.78 is 15.7. The molecule has 1 unspecified atom stereocenters. The van der Waals surface area contributed by atoms with E-state index in [-0.39, 0.29) is 30.8 Å². The van der Waals surface area contributed by atoms with Crippen molar-refractivity contribution in [3.63, 3.8) is 0 Å². The van der Waals surface area contributed by atoms with Gasteiger partial charge >= 0.3 is 5.97 Å². The second-order valence-electron chi connectivity index (χ2n) is 5.43. The first-order valence-electron chi connectivity index (χ1n) is 8.08. The maximum Gasteiger partial charge on any atom is 0.306 e. The van der Waals surface area contributed by atoms with Gasteiger partial charge in [0.2, 0.25) is 17.7 Å². The lowest BCUT2D eigenvalue weighted by molar-refractivity contribution is -0.146. The molecule has 24 heavy (non-hydrogen) atoms. The molecule has 0 radical (unpaired) electrons. The highest BCUT2D eigenvalue weighted by atomic mass is 16.5. The van der Waals surface area contributed by atoms with Crippen LogP contribution in [0.4, 0.5) is 0 Å². The van der Waals surface area contributed by atoms with Gasteiger partial charge in [0.1, 0.15) is 6.10 Å². The van der Waals surface area contributed by atoms with Crippen molar-refractivity contribution in [2.24, 2.45) is 0 Å². The van der Waals surface area contributed by atoms with Crippen LogP contribution >= 0.6 is 0 Å². The van der Waals surface area contributed by atoms with Crippen molar-refractivity contribution >= 4 is 11.9 Å². The van der Waals surface area contributed by atoms with E-state index < -0.39 is 0 Å². The number of rotatable bonds is 7. The SMILES string of the molecule is CCOC(=O)CCC(=O)N1CCCC(Oc2cncc(OC)n2)C1. The van der Waals surface area contributed by atoms with Crippen molar-refractivity contribution in [3.05, 3.63) is 12.4 Å². The average Bonchev–Trinajstić information content (AvgIpc) is 2.60. The number of hydrogen-bond donors (Lipinski definition) is 0. The first-order valence-corrected chi connectivity index (χ1v) is 8.08. The van der Waals surface area contributed by atoms with Crippen molar-refractivity contribution in [1.82, 2.24) is 14.9 Å². The van der Waals surface area contributed by atoms with Gasteiger partial charge in [0, 0.05) is 13.0 Å². The highest BCUT2D eigenvalue weighted by molar-refractivity contribution is 5.81. The molecule has 1 aromatic rings. The Labute approximate surface area is 141 Å². The number of aromatic nitrogens is 2. The maximum absolute atomic E-state index is 12.2. The molecule has 8 nitrogen and oxygen atoms in total. The van der Waals surface area contributed by atoms with Crippen LogP contribution in [-0.4, -0.2) is 59.7 Å². The number of carbonyl (C=O) groups is 2. The lowest BCUT2D eigenvalue weighted by Crippen LogP contribution is -2.44. The van der Waals surface area contributed by atoms with Gasteiger partial charge in [-0.15, -0.1) is 0 Å². The topological polar surface area (TPSA) is 90.9 Å². The Bertz CT molecular complexity index is 566. The quantitative estimate of drug-likeness (QED) is 0.690. The number of amides is 1. The molecule has 2 rings (SSSR count). The molecule has 0 N–H and O–H groups in total. The fraction of sp³-hybridized carbons (Fsp3) is 0.625. The maximum atomic E-state index is 12.2. The molecule has 2 heterocycles. The third-order valence-electron chi connectivity index (χ3n) is 3.67. The van der Waals surface area contributed by atoms with E-state index in [1.54, 1.807) is 11.8 Å². The second kappa shape index (κ2) is 9.05. The van der Waals surface area contributed by atoms with Gasteiger partial charge in [0.05, 0.1) is 39.1 Å². The molecular formula is C16H23N3O5. The van der Waals surface area contributed by atoms with E-state index in [4.69, 9.17) is 14.2 Å². The highest BCUT2D eigenvalue weighted by Gasteiger charge is 2.25. The molecule has 1 aromatic heterocycles. The predicted molar refractivity (Wildman–Crippen MR) is 84.7 cm³/mol. The number of hydrogen-bond acceptors (Lipinski definition) is 7. The van der Waals surface area contributed by atoms with Crippen LogP contribution < -0.4 is 9.47 Å². The monoisotopic (exact) mass is 337 g/mol. The van der Waals surface area contributed by atoms with Crippen molar-refractivity contribution in [2.45, 2.75) is 38.7 Å². The van der Waals surface area contributed by atoms with Crippen molar-refractivity contribution < 1.29 is 23.8 Å². The zero-order chi connectivity index (χ0) is 17.4. The molecule has 0 saturated carbocycles. The van der Waals surface area contributed by atoms with Gasteiger partial charge in [0.25, 0.3) is 0 Å². The van der Waals surface area contributed by atoms with E-state index in [0.29, 0.717) is 31.5 Å². The van der Waals surface area contributed by atoms with Crippen LogP contribution in [-0.2, 0) is 14.3 Å². The molecule has 8 heteroatoms. The Morgan fingerprint density at radius 3 is 2.83 bits per heavy atom. The summed E-state index contributed by atoms with van der Waals surface area (Å²) in [6, 6.07) is 0. The highest BCUT2D eigenvalue weighted by Crippen LogP contribution is 2.18. The van der Waals surface area contributed by atoms with Gasteiger partial charge in [-0.2, -0.15) is 4.98 Å². The Morgan fingerprint density at radius 2 is 2.08 bits per heavy atom. The smallest absolute Gasteiger partial charge is 0.306 e. The van der Waals surface area contributed by atoms with E-state index in [1.807, 2.05) is 0 Å². The third kappa shape index (κ3) is 5.36. The molecule has 1 amide bonds. The van der Waals surface area contributed by atoms with Crippen LogP contribution in [0.5, 0.6) is 11.8 Å². The lowest BCUT2D eigenvalue weighted by atomic mass is 10.1. The molecule has 1 saturated heterocycles. The largest absolute Gasteiger partial charge is 0.480 e. The number of carbonyl (C=O) groups excluding carboxylic acids is 2. The normalized spacial score (nSPS) is 17.2. The second-order valence-corrected chi connectivity index (χ2v) is 5.43. The number of nitrogens with zero attached hydrogens (tertiary/aromatic N) is 3. The van der Waals surface area contributed by atoms with Gasteiger partial charge in [0.15, 0.2) is 0 Å². The average molecular weight is 337 g/mol. The Kier molecular flexibility index (Phi) is 6.77. The number of methoxy groups -OCH3 is 1. The first kappa shape index (κ1) is 18.0. The van der Waals surface area contributed by atoms with Gasteiger partial charge in [-0.05, 0) is 19.8 Å². The summed E-state index contributed by atoms with van der Waals surface area (Å²) in [6.07, 6.45) is 4.81. The van der Waals surface area contributed by atoms with Gasteiger partial charge in [-0.25, -0.2) is 0 Å². The van der Waals surface area contributed by atoms with E-state index in [1.165, 1.54) is 19.5 Å². The van der Waals surface area contributed by atoms with E-state index >= 15 is 0 Å². The zero-order valence-electron chi connectivity index (χ0n) is 14.1. The number of esters is 1. The molecule has 0 aromatic carbocycles. The van der Waals surface area contributed by atoms with Gasteiger partial charge in [-0.1, -0.05) is 0 Å². The molecule has 1 fully saturated rings. The summed E-state index contributed by atoms with van der Waals surface area (Å²) in [4.78, 5) is 33.5. The van der Waals surface area contributed by atoms with Crippen molar-refractivity contribution in [2.75, 3.05) is 26.8 Å². The summed E-state index contributed by atoms with van der Waals surface area (Å²) in [5, 5.41) is 0. The summed E-state index contributed by atoms with van der Waals surface area (Å²) >= 11 is 0. The molecule has 132 valence electrons. The number of piperidine rings is 1. The number of ether oxygens (including phenoxy) is 3. The summed E-state index contributed by atoms with van der Waals surface area (Å²) in [7, 11) is 1.51. The molecule has 1 aliphatic rings. The summed E-state index contributed by atoms with van der Waals surface area (Å²) in [5.41, 5.74) is 0. The molecule has 0 bridgehead atoms. The fourth-order valence-corrected chi connectivity index (χ4v) is 2.52. The van der Waals surface area contributed by atoms with E-state index in [2.05, 4.69) is 9.97 Å². The van der Waals surface area contributed by atoms with Gasteiger partial charge < -0.3 is 19.1 Å². The lowest BCUT2D eigenvalue weighted by Gasteiger charge is -2.32. The van der Waals surface area contributed by atoms with Crippen LogP contribution in [0.25, 0.3) is 0 Å². The summed E-state index contributed by atoms with van der Waals surface area (Å²) in [5.74, 6) is 0.348. The Morgan fingerprint density at radius 1 is 1.29 bits per heavy atom. The first-order chi connectivity index (χ1) is 11.6. The fourth-order valence-electron chi connectivity index (χ4n) is 2.52. The Balaban J connectivity index is 1.84. The van der Waals surface area contributed by atoms with Crippen molar-refractivity contribution in [1.29, 1.82) is 0 Å². The Hall–Kier alpha value is -2.38. The van der Waals surface area contributed by atoms with Gasteiger partial charge in [-0.3, -0.25) is 14.6 Å². The minimum absolute atomic E-state index is 0.0620. The predicted octanol–water partition coefficient (Wildman–Crippen LogP) is 1.20. The minimum Gasteiger partial charge on any atom is -0.480 e. The van der Waals surface area contributed by atoms with Crippen molar-refractivity contribution in [3.8, 4) is 11.8 Å². The van der Waals surface area contributed by atoms with Crippen LogP contribution in [0.1, 0.15) is 32.6 Å². The molecule has 0 aliphatic carbocycles. The van der Waals surface area contributed by atoms with Crippen LogP contribution in [0.3, 0.4) is 0 Å². The van der Waals surface area contributed by atoms with E-state index in [0.717, 1.165) is 12.8 Å². The van der Waals surface area contributed by atoms with Crippen LogP contribution in [0.2, 0.25) is 0 Å². The molecule has 1 atom stereocenters. The number of likely N-dealkylation sites (tertiary alicyclic amines) is 1. The minimum atomic E-state index is -0.345.